The maximum atomic E-state index is 5.42. The molecule has 0 amide bonds. The maximum absolute atomic E-state index is 5.42. The summed E-state index contributed by atoms with van der Waals surface area (Å²) in [6.07, 6.45) is 2.23. The van der Waals surface area contributed by atoms with Crippen LogP contribution in [0, 0.1) is 0 Å². The Bertz CT molecular complexity index is 43.5. The van der Waals surface area contributed by atoms with Crippen molar-refractivity contribution in [3.05, 3.63) is 0 Å². The summed E-state index contributed by atoms with van der Waals surface area (Å²) < 4.78 is 0. The molecule has 0 aromatic rings. The molecular weight excluding hydrogens is 94.1 g/mol. The fourth-order valence-electron chi connectivity index (χ4n) is 0.630. The van der Waals surface area contributed by atoms with Crippen molar-refractivity contribution >= 4 is 12.6 Å². The molecule has 0 spiro atoms. The van der Waals surface area contributed by atoms with Crippen molar-refractivity contribution in [3.8, 4) is 0 Å². The quantitative estimate of drug-likeness (QED) is 0.427. The van der Waals surface area contributed by atoms with Gasteiger partial charge in [-0.05, 0) is 12.8 Å². The molecule has 0 aromatic carbocycles. The zero-order valence-corrected chi connectivity index (χ0v) is 4.49. The molecule has 0 unspecified atom stereocenters. The molecule has 0 aliphatic heterocycles. The highest BCUT2D eigenvalue weighted by Crippen LogP contribution is 2.22. The number of hydrogen-bond acceptors (Lipinski definition) is 2. The van der Waals surface area contributed by atoms with Crippen molar-refractivity contribution in [1.29, 1.82) is 0 Å². The first-order valence-electron chi connectivity index (χ1n) is 2.22. The van der Waals surface area contributed by atoms with Crippen molar-refractivity contribution in [3.63, 3.8) is 0 Å². The smallest absolute Gasteiger partial charge is 0.00597 e. The Morgan fingerprint density at radius 2 is 2.00 bits per heavy atom. The molecule has 1 nitrogen and oxygen atoms in total. The molecule has 1 fully saturated rings. The predicted octanol–water partition coefficient (Wildman–Crippen LogP) is 0.406. The number of thiol groups is 1. The van der Waals surface area contributed by atoms with Crippen LogP contribution in [0.15, 0.2) is 0 Å². The van der Waals surface area contributed by atoms with Crippen LogP contribution in [0.4, 0.5) is 0 Å². The molecule has 2 heteroatoms. The highest BCUT2D eigenvalue weighted by Gasteiger charge is 2.21. The van der Waals surface area contributed by atoms with E-state index in [4.69, 9.17) is 5.73 Å². The summed E-state index contributed by atoms with van der Waals surface area (Å²) in [4.78, 5) is 0. The van der Waals surface area contributed by atoms with Crippen LogP contribution in [0.25, 0.3) is 0 Å². The van der Waals surface area contributed by atoms with E-state index in [9.17, 15) is 0 Å². The first kappa shape index (κ1) is 4.47. The Morgan fingerprint density at radius 1 is 1.50 bits per heavy atom. The first-order chi connectivity index (χ1) is 2.79. The van der Waals surface area contributed by atoms with Gasteiger partial charge >= 0.3 is 0 Å². The lowest BCUT2D eigenvalue weighted by atomic mass is 9.94. The molecule has 0 atom stereocenters. The van der Waals surface area contributed by atoms with Gasteiger partial charge in [-0.2, -0.15) is 12.6 Å². The summed E-state index contributed by atoms with van der Waals surface area (Å²) in [6, 6.07) is 0.465. The van der Waals surface area contributed by atoms with Crippen LogP contribution in [-0.4, -0.2) is 11.3 Å². The van der Waals surface area contributed by atoms with E-state index in [1.165, 1.54) is 0 Å². The van der Waals surface area contributed by atoms with Gasteiger partial charge in [0.25, 0.3) is 0 Å². The predicted molar refractivity (Wildman–Crippen MR) is 30.0 cm³/mol. The Hall–Kier alpha value is 0.310. The number of hydrogen-bond donors (Lipinski definition) is 2. The Balaban J connectivity index is 2.11. The van der Waals surface area contributed by atoms with Gasteiger partial charge in [0, 0.05) is 11.3 Å². The lowest BCUT2D eigenvalue weighted by Crippen LogP contribution is -2.36. The van der Waals surface area contributed by atoms with Gasteiger partial charge < -0.3 is 5.73 Å². The summed E-state index contributed by atoms with van der Waals surface area (Å²) in [7, 11) is 0. The first-order valence-corrected chi connectivity index (χ1v) is 2.74. The van der Waals surface area contributed by atoms with Crippen LogP contribution in [0.5, 0.6) is 0 Å². The lowest BCUT2D eigenvalue weighted by Gasteiger charge is -2.27. The van der Waals surface area contributed by atoms with Crippen molar-refractivity contribution in [2.75, 3.05) is 0 Å². The number of rotatable bonds is 0. The summed E-state index contributed by atoms with van der Waals surface area (Å²) in [5.74, 6) is 0. The van der Waals surface area contributed by atoms with Gasteiger partial charge in [0.15, 0.2) is 0 Å². The molecule has 6 heavy (non-hydrogen) atoms. The third-order valence-electron chi connectivity index (χ3n) is 1.15. The van der Waals surface area contributed by atoms with Crippen LogP contribution < -0.4 is 5.73 Å². The second-order valence-electron chi connectivity index (χ2n) is 1.89. The average molecular weight is 103 g/mol. The van der Waals surface area contributed by atoms with Crippen LogP contribution in [0.2, 0.25) is 0 Å². The Labute approximate surface area is 43.3 Å². The van der Waals surface area contributed by atoms with Crippen LogP contribution in [-0.2, 0) is 0 Å². The van der Waals surface area contributed by atoms with Gasteiger partial charge in [-0.15, -0.1) is 0 Å². The Kier molecular flexibility index (Phi) is 1.06. The molecule has 0 saturated heterocycles. The van der Waals surface area contributed by atoms with Crippen molar-refractivity contribution in [1.82, 2.24) is 0 Å². The number of nitrogens with two attached hydrogens (primary N) is 1. The maximum Gasteiger partial charge on any atom is 0.00597 e. The molecular formula is C4H9NS. The van der Waals surface area contributed by atoms with Crippen molar-refractivity contribution < 1.29 is 0 Å². The zero-order valence-electron chi connectivity index (χ0n) is 3.59. The molecule has 1 aliphatic rings. The van der Waals surface area contributed by atoms with Gasteiger partial charge in [0.05, 0.1) is 0 Å². The molecule has 0 heterocycles. The highest BCUT2D eigenvalue weighted by atomic mass is 32.1. The zero-order chi connectivity index (χ0) is 4.57. The summed E-state index contributed by atoms with van der Waals surface area (Å²) in [6.45, 7) is 0. The monoisotopic (exact) mass is 103 g/mol. The van der Waals surface area contributed by atoms with E-state index >= 15 is 0 Å². The van der Waals surface area contributed by atoms with E-state index in [0.717, 1.165) is 12.8 Å². The van der Waals surface area contributed by atoms with Crippen LogP contribution in [0.1, 0.15) is 12.8 Å². The van der Waals surface area contributed by atoms with E-state index in [2.05, 4.69) is 12.6 Å². The van der Waals surface area contributed by atoms with Gasteiger partial charge in [-0.25, -0.2) is 0 Å². The summed E-state index contributed by atoms with van der Waals surface area (Å²) >= 11 is 4.16. The Morgan fingerprint density at radius 3 is 2.00 bits per heavy atom. The lowest BCUT2D eigenvalue weighted by molar-refractivity contribution is 0.435. The molecule has 1 aliphatic carbocycles. The molecule has 0 radical (unpaired) electrons. The normalized spacial score (nSPS) is 45.0. The van der Waals surface area contributed by atoms with Gasteiger partial charge in [-0.1, -0.05) is 0 Å². The second-order valence-corrected chi connectivity index (χ2v) is 2.62. The largest absolute Gasteiger partial charge is 0.328 e. The fourth-order valence-corrected chi connectivity index (χ4v) is 1.17. The van der Waals surface area contributed by atoms with Gasteiger partial charge in [-0.3, -0.25) is 0 Å². The molecule has 2 N–H and O–H groups in total. The molecule has 1 saturated carbocycles. The van der Waals surface area contributed by atoms with E-state index in [-0.39, 0.29) is 0 Å². The highest BCUT2D eigenvalue weighted by molar-refractivity contribution is 7.81. The standard InChI is InChI=1S/C4H9NS/c5-3-1-4(6)2-3/h3-4,6H,1-2,5H2/t3-,4-. The third kappa shape index (κ3) is 0.684. The minimum Gasteiger partial charge on any atom is -0.328 e. The van der Waals surface area contributed by atoms with E-state index < -0.39 is 0 Å². The minimum absolute atomic E-state index is 0.465. The fraction of sp³-hybridized carbons (Fsp3) is 1.00. The SMILES string of the molecule is N[C@H]1C[C@H](S)C1. The van der Waals surface area contributed by atoms with Gasteiger partial charge in [0.2, 0.25) is 0 Å². The van der Waals surface area contributed by atoms with Gasteiger partial charge in [0.1, 0.15) is 0 Å². The van der Waals surface area contributed by atoms with E-state index in [0.29, 0.717) is 11.3 Å². The molecule has 0 bridgehead atoms. The summed E-state index contributed by atoms with van der Waals surface area (Å²) in [5, 5.41) is 0.611. The second kappa shape index (κ2) is 1.43. The minimum atomic E-state index is 0.465. The molecule has 0 aromatic heterocycles. The topological polar surface area (TPSA) is 26.0 Å². The van der Waals surface area contributed by atoms with Crippen LogP contribution >= 0.6 is 12.6 Å². The molecule has 1 rings (SSSR count). The van der Waals surface area contributed by atoms with E-state index in [1.807, 2.05) is 0 Å². The van der Waals surface area contributed by atoms with Crippen LogP contribution in [0.3, 0.4) is 0 Å². The van der Waals surface area contributed by atoms with Crippen molar-refractivity contribution in [2.45, 2.75) is 24.1 Å². The average Bonchev–Trinajstić information content (AvgIpc) is 1.33. The summed E-state index contributed by atoms with van der Waals surface area (Å²) in [5.41, 5.74) is 5.42. The van der Waals surface area contributed by atoms with Crippen molar-refractivity contribution in [2.24, 2.45) is 5.73 Å². The van der Waals surface area contributed by atoms with E-state index in [1.54, 1.807) is 0 Å². The third-order valence-corrected chi connectivity index (χ3v) is 1.57. The molecule has 36 valence electrons.